The molecule has 100 valence electrons. The van der Waals surface area contributed by atoms with Gasteiger partial charge in [0, 0.05) is 16.9 Å². The third-order valence-corrected chi connectivity index (χ3v) is 1.99. The predicted octanol–water partition coefficient (Wildman–Crippen LogP) is 1.45. The van der Waals surface area contributed by atoms with E-state index in [0.717, 1.165) is 5.69 Å². The number of carbonyl (C=O) groups excluding carboxylic acids is 1. The monoisotopic (exact) mass is 253 g/mol. The fraction of sp³-hybridized carbons (Fsp3) is 0.538. The Labute approximate surface area is 108 Å². The summed E-state index contributed by atoms with van der Waals surface area (Å²) in [7, 11) is 0. The maximum atomic E-state index is 11.5. The molecule has 0 fully saturated rings. The highest BCUT2D eigenvalue weighted by Crippen LogP contribution is 2.06. The van der Waals surface area contributed by atoms with Crippen molar-refractivity contribution >= 4 is 6.09 Å². The molecule has 1 heterocycles. The smallest absolute Gasteiger partial charge is 0.408 e. The summed E-state index contributed by atoms with van der Waals surface area (Å²) >= 11 is 0. The fourth-order valence-electron chi connectivity index (χ4n) is 1.34. The first-order chi connectivity index (χ1) is 8.42. The molecule has 0 unspecified atom stereocenters. The zero-order valence-electron chi connectivity index (χ0n) is 11.4. The number of hydrogen-bond donors (Lipinski definition) is 1. The Morgan fingerprint density at radius 2 is 2.11 bits per heavy atom. The zero-order chi connectivity index (χ0) is 13.6. The van der Waals surface area contributed by atoms with Crippen LogP contribution in [0.25, 0.3) is 0 Å². The molecule has 0 radical (unpaired) electrons. The number of pyridine rings is 1. The summed E-state index contributed by atoms with van der Waals surface area (Å²) in [5.74, 6) is 0. The lowest BCUT2D eigenvalue weighted by molar-refractivity contribution is -0.895. The van der Waals surface area contributed by atoms with Gasteiger partial charge in [-0.05, 0) is 33.8 Å². The van der Waals surface area contributed by atoms with Gasteiger partial charge in [0.05, 0.1) is 0 Å². The van der Waals surface area contributed by atoms with Gasteiger partial charge in [-0.2, -0.15) is 0 Å². The number of nitrogens with zero attached hydrogens (tertiary/aromatic N) is 1. The molecule has 0 aliphatic rings. The zero-order valence-corrected chi connectivity index (χ0v) is 11.4. The molecule has 1 aromatic rings. The number of amides is 1. The van der Waals surface area contributed by atoms with Gasteiger partial charge in [0.15, 0.2) is 6.61 Å². The number of nitrogens with one attached hydrogen (secondary N) is 1. The third kappa shape index (κ3) is 5.03. The average molecular weight is 253 g/mol. The van der Waals surface area contributed by atoms with E-state index in [2.05, 4.69) is 5.32 Å². The second kappa shape index (κ2) is 6.23. The first kappa shape index (κ1) is 14.3. The molecule has 0 spiro atoms. The Morgan fingerprint density at radius 3 is 2.72 bits per heavy atom. The molecule has 0 aliphatic carbocycles. The van der Waals surface area contributed by atoms with Crippen molar-refractivity contribution in [3.63, 3.8) is 0 Å². The van der Waals surface area contributed by atoms with E-state index >= 15 is 0 Å². The molecule has 18 heavy (non-hydrogen) atoms. The first-order valence-electron chi connectivity index (χ1n) is 6.02. The van der Waals surface area contributed by atoms with Crippen molar-refractivity contribution in [1.29, 1.82) is 0 Å². The van der Waals surface area contributed by atoms with Gasteiger partial charge in [-0.25, -0.2) is 4.79 Å². The summed E-state index contributed by atoms with van der Waals surface area (Å²) in [5, 5.41) is 2.69. The third-order valence-electron chi connectivity index (χ3n) is 1.99. The van der Waals surface area contributed by atoms with E-state index in [4.69, 9.17) is 9.57 Å². The van der Waals surface area contributed by atoms with E-state index in [1.54, 1.807) is 10.9 Å². The van der Waals surface area contributed by atoms with Gasteiger partial charge in [-0.3, -0.25) is 4.84 Å². The van der Waals surface area contributed by atoms with Crippen molar-refractivity contribution < 1.29 is 19.1 Å². The van der Waals surface area contributed by atoms with Crippen LogP contribution in [0, 0.1) is 0 Å². The molecule has 0 saturated heterocycles. The van der Waals surface area contributed by atoms with E-state index in [-0.39, 0.29) is 0 Å². The van der Waals surface area contributed by atoms with Crippen LogP contribution < -0.4 is 14.9 Å². The minimum atomic E-state index is -0.489. The van der Waals surface area contributed by atoms with Gasteiger partial charge in [-0.1, -0.05) is 0 Å². The van der Waals surface area contributed by atoms with Crippen molar-refractivity contribution in [2.45, 2.75) is 39.8 Å². The number of rotatable bonds is 4. The highest BCUT2D eigenvalue weighted by Gasteiger charge is 2.18. The topological polar surface area (TPSA) is 51.4 Å². The molecule has 1 amide bonds. The van der Waals surface area contributed by atoms with Crippen LogP contribution in [0.15, 0.2) is 24.4 Å². The second-order valence-corrected chi connectivity index (χ2v) is 4.79. The van der Waals surface area contributed by atoms with E-state index < -0.39 is 11.7 Å². The molecule has 0 bridgehead atoms. The SMILES string of the molecule is CCO[n+]1ccccc1CNC(=O)OC(C)(C)C. The summed E-state index contributed by atoms with van der Waals surface area (Å²) in [4.78, 5) is 16.9. The van der Waals surface area contributed by atoms with Crippen LogP contribution in [0.2, 0.25) is 0 Å². The normalized spacial score (nSPS) is 10.9. The largest absolute Gasteiger partial charge is 0.444 e. The van der Waals surface area contributed by atoms with Crippen LogP contribution in [-0.2, 0) is 11.3 Å². The van der Waals surface area contributed by atoms with E-state index in [9.17, 15) is 4.79 Å². The second-order valence-electron chi connectivity index (χ2n) is 4.79. The Morgan fingerprint density at radius 1 is 1.39 bits per heavy atom. The molecule has 1 aromatic heterocycles. The molecular formula is C13H21N2O3+. The number of alkyl carbamates (subject to hydrolysis) is 1. The molecule has 0 saturated carbocycles. The Bertz CT molecular complexity index is 399. The number of hydrogen-bond acceptors (Lipinski definition) is 3. The van der Waals surface area contributed by atoms with Crippen molar-refractivity contribution in [1.82, 2.24) is 5.32 Å². The molecule has 0 atom stereocenters. The predicted molar refractivity (Wildman–Crippen MR) is 66.8 cm³/mol. The molecular weight excluding hydrogens is 232 g/mol. The number of aromatic nitrogens is 1. The fourth-order valence-corrected chi connectivity index (χ4v) is 1.34. The molecule has 1 N–H and O–H groups in total. The number of carbonyl (C=O) groups is 1. The van der Waals surface area contributed by atoms with Crippen LogP contribution in [0.4, 0.5) is 4.79 Å². The van der Waals surface area contributed by atoms with Gasteiger partial charge in [0.1, 0.15) is 12.1 Å². The van der Waals surface area contributed by atoms with Crippen LogP contribution in [0.5, 0.6) is 0 Å². The summed E-state index contributed by atoms with van der Waals surface area (Å²) in [6.07, 6.45) is 1.37. The summed E-state index contributed by atoms with van der Waals surface area (Å²) in [5.41, 5.74) is 0.363. The van der Waals surface area contributed by atoms with Gasteiger partial charge in [-0.15, -0.1) is 0 Å². The van der Waals surface area contributed by atoms with Crippen molar-refractivity contribution in [2.24, 2.45) is 0 Å². The number of ether oxygens (including phenoxy) is 1. The van der Waals surface area contributed by atoms with Crippen molar-refractivity contribution in [3.8, 4) is 0 Å². The van der Waals surface area contributed by atoms with E-state index in [1.165, 1.54) is 0 Å². The maximum absolute atomic E-state index is 11.5. The molecule has 5 heteroatoms. The lowest BCUT2D eigenvalue weighted by Gasteiger charge is -2.19. The minimum absolute atomic E-state index is 0.357. The highest BCUT2D eigenvalue weighted by molar-refractivity contribution is 5.67. The standard InChI is InChI=1S/C13H20N2O3/c1-5-17-15-9-7-6-8-11(15)10-14-12(16)18-13(2,3)4/h6-9H,5,10H2,1-4H3/p+1. The summed E-state index contributed by atoms with van der Waals surface area (Å²) < 4.78 is 6.80. The van der Waals surface area contributed by atoms with Crippen molar-refractivity contribution in [3.05, 3.63) is 30.1 Å². The lowest BCUT2D eigenvalue weighted by atomic mass is 10.2. The van der Waals surface area contributed by atoms with Crippen LogP contribution >= 0.6 is 0 Å². The maximum Gasteiger partial charge on any atom is 0.408 e. The van der Waals surface area contributed by atoms with E-state index in [0.29, 0.717) is 13.2 Å². The van der Waals surface area contributed by atoms with Gasteiger partial charge in [0.25, 0.3) is 5.69 Å². The Hall–Kier alpha value is -1.78. The molecule has 5 nitrogen and oxygen atoms in total. The van der Waals surface area contributed by atoms with Crippen LogP contribution in [-0.4, -0.2) is 18.3 Å². The highest BCUT2D eigenvalue weighted by atomic mass is 16.7. The molecule has 0 aliphatic heterocycles. The van der Waals surface area contributed by atoms with Crippen molar-refractivity contribution in [2.75, 3.05) is 6.61 Å². The van der Waals surface area contributed by atoms with Gasteiger partial charge >= 0.3 is 6.09 Å². The lowest BCUT2D eigenvalue weighted by Crippen LogP contribution is -2.47. The van der Waals surface area contributed by atoms with E-state index in [1.807, 2.05) is 45.9 Å². The summed E-state index contributed by atoms with van der Waals surface area (Å²) in [6, 6.07) is 5.64. The van der Waals surface area contributed by atoms with Crippen LogP contribution in [0.3, 0.4) is 0 Å². The average Bonchev–Trinajstić information content (AvgIpc) is 2.26. The summed E-state index contributed by atoms with van der Waals surface area (Å²) in [6.45, 7) is 8.31. The molecule has 1 rings (SSSR count). The van der Waals surface area contributed by atoms with Gasteiger partial charge < -0.3 is 10.1 Å². The molecule has 0 aromatic carbocycles. The van der Waals surface area contributed by atoms with Gasteiger partial charge in [0.2, 0.25) is 6.20 Å². The Balaban J connectivity index is 2.55. The minimum Gasteiger partial charge on any atom is -0.444 e. The van der Waals surface area contributed by atoms with Crippen LogP contribution in [0.1, 0.15) is 33.4 Å². The first-order valence-corrected chi connectivity index (χ1v) is 6.02. The Kier molecular flexibility index (Phi) is 4.95. The quantitative estimate of drug-likeness (QED) is 0.826.